The van der Waals surface area contributed by atoms with Gasteiger partial charge >= 0.3 is 0 Å². The molecule has 24 heavy (non-hydrogen) atoms. The summed E-state index contributed by atoms with van der Waals surface area (Å²) in [5, 5.41) is 8.88. The van der Waals surface area contributed by atoms with Crippen LogP contribution in [0.25, 0.3) is 0 Å². The van der Waals surface area contributed by atoms with Crippen LogP contribution in [0.4, 0.5) is 0 Å². The minimum Gasteiger partial charge on any atom is -0.491 e. The monoisotopic (exact) mass is 345 g/mol. The van der Waals surface area contributed by atoms with Crippen molar-refractivity contribution in [1.29, 1.82) is 0 Å². The van der Waals surface area contributed by atoms with Crippen molar-refractivity contribution in [3.05, 3.63) is 59.7 Å². The van der Waals surface area contributed by atoms with Gasteiger partial charge in [-0.15, -0.1) is 11.8 Å². The summed E-state index contributed by atoms with van der Waals surface area (Å²) in [5.74, 6) is 0.822. The molecular formula is C20H27NO2S. The molecule has 2 aromatic rings. The van der Waals surface area contributed by atoms with Crippen LogP contribution in [-0.4, -0.2) is 36.0 Å². The van der Waals surface area contributed by atoms with Crippen LogP contribution in [0, 0.1) is 0 Å². The van der Waals surface area contributed by atoms with Crippen LogP contribution in [0.1, 0.15) is 24.5 Å². The van der Waals surface area contributed by atoms with Crippen molar-refractivity contribution in [1.82, 2.24) is 4.90 Å². The molecule has 0 amide bonds. The highest BCUT2D eigenvalue weighted by atomic mass is 32.2. The lowest BCUT2D eigenvalue weighted by Gasteiger charge is -2.22. The zero-order valence-electron chi connectivity index (χ0n) is 14.6. The van der Waals surface area contributed by atoms with Gasteiger partial charge in [0.15, 0.2) is 0 Å². The van der Waals surface area contributed by atoms with E-state index in [9.17, 15) is 0 Å². The van der Waals surface area contributed by atoms with Crippen molar-refractivity contribution in [2.75, 3.05) is 26.0 Å². The normalized spacial score (nSPS) is 11.0. The molecule has 0 bridgehead atoms. The molecule has 0 saturated carbocycles. The molecule has 2 rings (SSSR count). The van der Waals surface area contributed by atoms with Crippen LogP contribution in [-0.2, 0) is 13.1 Å². The van der Waals surface area contributed by atoms with Crippen molar-refractivity contribution in [3.63, 3.8) is 0 Å². The Bertz CT molecular complexity index is 601. The first kappa shape index (κ1) is 18.8. The Labute approximate surface area is 149 Å². The zero-order valence-corrected chi connectivity index (χ0v) is 15.4. The molecule has 0 aliphatic rings. The predicted molar refractivity (Wildman–Crippen MR) is 102 cm³/mol. The molecule has 0 heterocycles. The molecular weight excluding hydrogens is 318 g/mol. The van der Waals surface area contributed by atoms with Gasteiger partial charge in [0.05, 0.1) is 6.61 Å². The van der Waals surface area contributed by atoms with E-state index in [-0.39, 0.29) is 6.61 Å². The van der Waals surface area contributed by atoms with E-state index in [2.05, 4.69) is 54.5 Å². The Balaban J connectivity index is 2.01. The standard InChI is InChI=1S/C20H27NO2S/c1-3-11-21(15-17-7-9-20(24-2)10-8-17)16-18-5-4-6-19(14-18)23-13-12-22/h4-10,14,22H,3,11-13,15-16H2,1-2H3. The highest BCUT2D eigenvalue weighted by Gasteiger charge is 2.07. The number of thioether (sulfide) groups is 1. The minimum atomic E-state index is 0.0399. The summed E-state index contributed by atoms with van der Waals surface area (Å²) in [4.78, 5) is 3.76. The third-order valence-corrected chi connectivity index (χ3v) is 4.51. The quantitative estimate of drug-likeness (QED) is 0.655. The van der Waals surface area contributed by atoms with Gasteiger partial charge in [0.2, 0.25) is 0 Å². The van der Waals surface area contributed by atoms with Gasteiger partial charge < -0.3 is 9.84 Å². The number of rotatable bonds is 10. The molecule has 0 aromatic heterocycles. The molecule has 0 radical (unpaired) electrons. The highest BCUT2D eigenvalue weighted by Crippen LogP contribution is 2.18. The fraction of sp³-hybridized carbons (Fsp3) is 0.400. The topological polar surface area (TPSA) is 32.7 Å². The highest BCUT2D eigenvalue weighted by molar-refractivity contribution is 7.98. The maximum atomic E-state index is 8.88. The lowest BCUT2D eigenvalue weighted by atomic mass is 10.1. The summed E-state index contributed by atoms with van der Waals surface area (Å²) in [6, 6.07) is 17.0. The molecule has 0 aliphatic heterocycles. The van der Waals surface area contributed by atoms with Gasteiger partial charge in [0.1, 0.15) is 12.4 Å². The van der Waals surface area contributed by atoms with E-state index in [1.54, 1.807) is 11.8 Å². The van der Waals surface area contributed by atoms with Crippen LogP contribution < -0.4 is 4.74 Å². The minimum absolute atomic E-state index is 0.0399. The second kappa shape index (κ2) is 10.4. The van der Waals surface area contributed by atoms with E-state index in [0.717, 1.165) is 31.8 Å². The molecule has 4 heteroatoms. The summed E-state index contributed by atoms with van der Waals surface area (Å²) in [6.45, 7) is 5.50. The Morgan fingerprint density at radius 2 is 1.79 bits per heavy atom. The molecule has 130 valence electrons. The number of hydrogen-bond acceptors (Lipinski definition) is 4. The summed E-state index contributed by atoms with van der Waals surface area (Å²) in [6.07, 6.45) is 3.23. The van der Waals surface area contributed by atoms with E-state index in [0.29, 0.717) is 6.61 Å². The third-order valence-electron chi connectivity index (χ3n) is 3.77. The number of nitrogens with zero attached hydrogens (tertiary/aromatic N) is 1. The second-order valence-corrected chi connectivity index (χ2v) is 6.66. The summed E-state index contributed by atoms with van der Waals surface area (Å²) < 4.78 is 5.51. The van der Waals surface area contributed by atoms with Gasteiger partial charge in [-0.3, -0.25) is 4.90 Å². The second-order valence-electron chi connectivity index (χ2n) is 5.78. The van der Waals surface area contributed by atoms with Gasteiger partial charge in [-0.25, -0.2) is 0 Å². The summed E-state index contributed by atoms with van der Waals surface area (Å²) >= 11 is 1.77. The molecule has 2 aromatic carbocycles. The van der Waals surface area contributed by atoms with Gasteiger partial charge in [0, 0.05) is 18.0 Å². The van der Waals surface area contributed by atoms with Crippen molar-refractivity contribution >= 4 is 11.8 Å². The number of aliphatic hydroxyl groups is 1. The summed E-state index contributed by atoms with van der Waals surface area (Å²) in [7, 11) is 0. The lowest BCUT2D eigenvalue weighted by Crippen LogP contribution is -2.23. The maximum absolute atomic E-state index is 8.88. The number of aliphatic hydroxyl groups excluding tert-OH is 1. The summed E-state index contributed by atoms with van der Waals surface area (Å²) in [5.41, 5.74) is 2.58. The van der Waals surface area contributed by atoms with Gasteiger partial charge in [-0.2, -0.15) is 0 Å². The first-order valence-electron chi connectivity index (χ1n) is 8.43. The van der Waals surface area contributed by atoms with Crippen LogP contribution in [0.15, 0.2) is 53.4 Å². The fourth-order valence-electron chi connectivity index (χ4n) is 2.67. The third kappa shape index (κ3) is 6.19. The van der Waals surface area contributed by atoms with E-state index < -0.39 is 0 Å². The Hall–Kier alpha value is -1.49. The first-order valence-corrected chi connectivity index (χ1v) is 9.65. The molecule has 3 nitrogen and oxygen atoms in total. The molecule has 0 spiro atoms. The zero-order chi connectivity index (χ0) is 17.2. The largest absolute Gasteiger partial charge is 0.491 e. The molecule has 0 atom stereocenters. The molecule has 0 unspecified atom stereocenters. The van der Waals surface area contributed by atoms with Gasteiger partial charge in [-0.1, -0.05) is 31.2 Å². The average Bonchev–Trinajstić information content (AvgIpc) is 2.61. The van der Waals surface area contributed by atoms with E-state index in [1.807, 2.05) is 12.1 Å². The van der Waals surface area contributed by atoms with Crippen molar-refractivity contribution in [2.45, 2.75) is 31.3 Å². The Morgan fingerprint density at radius 3 is 2.46 bits per heavy atom. The molecule has 0 aliphatic carbocycles. The van der Waals surface area contributed by atoms with E-state index in [4.69, 9.17) is 9.84 Å². The molecule has 0 saturated heterocycles. The van der Waals surface area contributed by atoms with Crippen LogP contribution >= 0.6 is 11.8 Å². The fourth-order valence-corrected chi connectivity index (χ4v) is 3.08. The lowest BCUT2D eigenvalue weighted by molar-refractivity contribution is 0.201. The van der Waals surface area contributed by atoms with Gasteiger partial charge in [-0.05, 0) is 54.6 Å². The van der Waals surface area contributed by atoms with Crippen molar-refractivity contribution in [3.8, 4) is 5.75 Å². The molecule has 1 N–H and O–H groups in total. The Kier molecular flexibility index (Phi) is 8.16. The first-order chi connectivity index (χ1) is 11.7. The number of hydrogen-bond donors (Lipinski definition) is 1. The predicted octanol–water partition coefficient (Wildman–Crippen LogP) is 4.19. The van der Waals surface area contributed by atoms with E-state index in [1.165, 1.54) is 16.0 Å². The molecule has 0 fully saturated rings. The van der Waals surface area contributed by atoms with Crippen molar-refractivity contribution in [2.24, 2.45) is 0 Å². The van der Waals surface area contributed by atoms with Crippen LogP contribution in [0.5, 0.6) is 5.75 Å². The Morgan fingerprint density at radius 1 is 1.04 bits per heavy atom. The van der Waals surface area contributed by atoms with Crippen LogP contribution in [0.2, 0.25) is 0 Å². The van der Waals surface area contributed by atoms with E-state index >= 15 is 0 Å². The van der Waals surface area contributed by atoms with Crippen LogP contribution in [0.3, 0.4) is 0 Å². The number of ether oxygens (including phenoxy) is 1. The smallest absolute Gasteiger partial charge is 0.119 e. The maximum Gasteiger partial charge on any atom is 0.119 e. The van der Waals surface area contributed by atoms with Crippen molar-refractivity contribution < 1.29 is 9.84 Å². The average molecular weight is 346 g/mol. The number of benzene rings is 2. The van der Waals surface area contributed by atoms with Gasteiger partial charge in [0.25, 0.3) is 0 Å². The SMILES string of the molecule is CCCN(Cc1ccc(SC)cc1)Cc1cccc(OCCO)c1.